The Balaban J connectivity index is 1.33. The summed E-state index contributed by atoms with van der Waals surface area (Å²) in [5.74, 6) is 0.883. The molecule has 2 aliphatic rings. The smallest absolute Gasteiger partial charge is 0.244 e. The lowest BCUT2D eigenvalue weighted by Crippen LogP contribution is -2.44. The van der Waals surface area contributed by atoms with Crippen LogP contribution in [0.2, 0.25) is 0 Å². The molecule has 0 radical (unpaired) electrons. The molecule has 3 nitrogen and oxygen atoms in total. The van der Waals surface area contributed by atoms with Crippen LogP contribution < -0.4 is 0 Å². The summed E-state index contributed by atoms with van der Waals surface area (Å²) in [5.41, 5.74) is 5.31. The number of amides is 1. The van der Waals surface area contributed by atoms with E-state index in [0.29, 0.717) is 5.92 Å². The zero-order valence-electron chi connectivity index (χ0n) is 20.6. The summed E-state index contributed by atoms with van der Waals surface area (Å²) in [7, 11) is 0. The number of rotatable bonds is 7. The van der Waals surface area contributed by atoms with Crippen LogP contribution in [-0.4, -0.2) is 30.1 Å². The molecule has 0 aromatic heterocycles. The fourth-order valence-electron chi connectivity index (χ4n) is 6.01. The number of nitrogens with zero attached hydrogens (tertiary/aromatic N) is 2. The van der Waals surface area contributed by atoms with Crippen LogP contribution in [0.25, 0.3) is 0 Å². The first-order chi connectivity index (χ1) is 17.3. The van der Waals surface area contributed by atoms with Gasteiger partial charge in [-0.1, -0.05) is 104 Å². The van der Waals surface area contributed by atoms with Gasteiger partial charge < -0.3 is 4.90 Å². The Bertz CT molecular complexity index is 1120. The predicted molar refractivity (Wildman–Crippen MR) is 144 cm³/mol. The largest absolute Gasteiger partial charge is 0.333 e. The Hall–Kier alpha value is -3.20. The van der Waals surface area contributed by atoms with E-state index in [4.69, 9.17) is 4.99 Å². The minimum Gasteiger partial charge on any atom is -0.333 e. The molecule has 1 fully saturated rings. The number of carbonyl (C=O) groups is 1. The summed E-state index contributed by atoms with van der Waals surface area (Å²) in [5, 5.41) is 0. The van der Waals surface area contributed by atoms with Gasteiger partial charge in [0.1, 0.15) is 6.54 Å². The van der Waals surface area contributed by atoms with Gasteiger partial charge in [0.05, 0.1) is 6.04 Å². The van der Waals surface area contributed by atoms with Crippen molar-refractivity contribution in [3.05, 3.63) is 107 Å². The lowest BCUT2D eigenvalue weighted by Gasteiger charge is -2.43. The highest BCUT2D eigenvalue weighted by Gasteiger charge is 2.36. The predicted octanol–water partition coefficient (Wildman–Crippen LogP) is 6.79. The van der Waals surface area contributed by atoms with Gasteiger partial charge in [-0.2, -0.15) is 0 Å². The second kappa shape index (κ2) is 11.5. The zero-order chi connectivity index (χ0) is 23.9. The molecule has 180 valence electrons. The van der Waals surface area contributed by atoms with Gasteiger partial charge in [-0.3, -0.25) is 9.79 Å². The fraction of sp³-hybridized carbons (Fsp3) is 0.375. The maximum absolute atomic E-state index is 13.5. The number of hydrogen-bond acceptors (Lipinski definition) is 2. The van der Waals surface area contributed by atoms with Crippen molar-refractivity contribution < 1.29 is 4.79 Å². The lowest BCUT2D eigenvalue weighted by molar-refractivity contribution is -0.134. The van der Waals surface area contributed by atoms with E-state index >= 15 is 0 Å². The molecule has 5 rings (SSSR count). The zero-order valence-corrected chi connectivity index (χ0v) is 20.6. The second-order valence-corrected chi connectivity index (χ2v) is 10.1. The van der Waals surface area contributed by atoms with Gasteiger partial charge in [0.15, 0.2) is 0 Å². The molecule has 0 spiro atoms. The first kappa shape index (κ1) is 23.5. The van der Waals surface area contributed by atoms with Crippen LogP contribution in [0.15, 0.2) is 89.9 Å². The third kappa shape index (κ3) is 5.73. The van der Waals surface area contributed by atoms with Crippen molar-refractivity contribution in [1.82, 2.24) is 4.90 Å². The Morgan fingerprint density at radius 1 is 0.886 bits per heavy atom. The van der Waals surface area contributed by atoms with E-state index in [2.05, 4.69) is 77.7 Å². The van der Waals surface area contributed by atoms with Gasteiger partial charge in [-0.05, 0) is 53.9 Å². The van der Waals surface area contributed by atoms with Crippen molar-refractivity contribution >= 4 is 12.1 Å². The van der Waals surface area contributed by atoms with Crippen LogP contribution in [0.5, 0.6) is 0 Å². The van der Waals surface area contributed by atoms with Gasteiger partial charge >= 0.3 is 0 Å². The lowest BCUT2D eigenvalue weighted by atomic mass is 9.77. The standard InChI is InChI=1S/C32H36N2O/c35-31(24-33-23-29(26-14-6-2-7-15-26)22-25-12-4-1-5-13-25)34-21-20-27-16-10-11-19-30(27)32(34)28-17-8-3-9-18-28/h1-2,4-7,10-16,19,23,28-29,32H,3,8-9,17-18,20-22,24H2. The third-order valence-corrected chi connectivity index (χ3v) is 7.79. The summed E-state index contributed by atoms with van der Waals surface area (Å²) >= 11 is 0. The van der Waals surface area contributed by atoms with E-state index in [9.17, 15) is 4.79 Å². The summed E-state index contributed by atoms with van der Waals surface area (Å²) in [6.07, 6.45) is 10.2. The average Bonchev–Trinajstić information content (AvgIpc) is 2.93. The molecule has 2 unspecified atom stereocenters. The second-order valence-electron chi connectivity index (χ2n) is 10.1. The van der Waals surface area contributed by atoms with Gasteiger partial charge in [-0.25, -0.2) is 0 Å². The van der Waals surface area contributed by atoms with E-state index in [1.165, 1.54) is 54.4 Å². The molecule has 35 heavy (non-hydrogen) atoms. The molecule has 3 heteroatoms. The molecular weight excluding hydrogens is 428 g/mol. The molecule has 0 saturated heterocycles. The van der Waals surface area contributed by atoms with Crippen molar-refractivity contribution in [2.24, 2.45) is 10.9 Å². The summed E-state index contributed by atoms with van der Waals surface area (Å²) < 4.78 is 0. The highest BCUT2D eigenvalue weighted by Crippen LogP contribution is 2.42. The highest BCUT2D eigenvalue weighted by molar-refractivity contribution is 5.81. The van der Waals surface area contributed by atoms with Crippen molar-refractivity contribution in [3.63, 3.8) is 0 Å². The van der Waals surface area contributed by atoms with E-state index in [-0.39, 0.29) is 24.4 Å². The third-order valence-electron chi connectivity index (χ3n) is 7.79. The molecule has 1 saturated carbocycles. The van der Waals surface area contributed by atoms with E-state index < -0.39 is 0 Å². The van der Waals surface area contributed by atoms with Crippen LogP contribution in [-0.2, 0) is 17.6 Å². The number of fused-ring (bicyclic) bond motifs is 1. The normalized spacial score (nSPS) is 19.4. The Morgan fingerprint density at radius 2 is 1.57 bits per heavy atom. The number of benzene rings is 3. The number of carbonyl (C=O) groups excluding carboxylic acids is 1. The molecule has 0 N–H and O–H groups in total. The Morgan fingerprint density at radius 3 is 2.34 bits per heavy atom. The van der Waals surface area contributed by atoms with E-state index in [1.54, 1.807) is 0 Å². The SMILES string of the molecule is O=C(CN=CC(Cc1ccccc1)c1ccccc1)N1CCc2ccccc2C1C1CCCCC1. The van der Waals surface area contributed by atoms with Gasteiger partial charge in [0.25, 0.3) is 0 Å². The average molecular weight is 465 g/mol. The van der Waals surface area contributed by atoms with Gasteiger partial charge in [0.2, 0.25) is 5.91 Å². The maximum atomic E-state index is 13.5. The fourth-order valence-corrected chi connectivity index (χ4v) is 6.01. The van der Waals surface area contributed by atoms with Gasteiger partial charge in [-0.15, -0.1) is 0 Å². The highest BCUT2D eigenvalue weighted by atomic mass is 16.2. The minimum absolute atomic E-state index is 0.155. The Labute approximate surface area is 209 Å². The molecule has 3 aromatic carbocycles. The maximum Gasteiger partial charge on any atom is 0.244 e. The summed E-state index contributed by atoms with van der Waals surface area (Å²) in [6.45, 7) is 1.03. The number of aliphatic imine (C=N–C) groups is 1. The summed E-state index contributed by atoms with van der Waals surface area (Å²) in [4.78, 5) is 20.4. The van der Waals surface area contributed by atoms with Gasteiger partial charge in [0, 0.05) is 18.7 Å². The van der Waals surface area contributed by atoms with Crippen molar-refractivity contribution in [2.75, 3.05) is 13.1 Å². The summed E-state index contributed by atoms with van der Waals surface area (Å²) in [6, 6.07) is 30.0. The molecule has 1 amide bonds. The Kier molecular flexibility index (Phi) is 7.72. The molecule has 2 atom stereocenters. The van der Waals surface area contributed by atoms with E-state index in [1.807, 2.05) is 18.3 Å². The van der Waals surface area contributed by atoms with Crippen LogP contribution in [0.3, 0.4) is 0 Å². The van der Waals surface area contributed by atoms with Crippen LogP contribution >= 0.6 is 0 Å². The molecule has 1 aliphatic carbocycles. The van der Waals surface area contributed by atoms with E-state index in [0.717, 1.165) is 19.4 Å². The van der Waals surface area contributed by atoms with Crippen molar-refractivity contribution in [2.45, 2.75) is 56.9 Å². The topological polar surface area (TPSA) is 32.7 Å². The monoisotopic (exact) mass is 464 g/mol. The van der Waals surface area contributed by atoms with Crippen molar-refractivity contribution in [3.8, 4) is 0 Å². The first-order valence-electron chi connectivity index (χ1n) is 13.3. The van der Waals surface area contributed by atoms with Crippen LogP contribution in [0, 0.1) is 5.92 Å². The first-order valence-corrected chi connectivity index (χ1v) is 13.3. The van der Waals surface area contributed by atoms with Crippen LogP contribution in [0.4, 0.5) is 0 Å². The molecule has 1 aliphatic heterocycles. The van der Waals surface area contributed by atoms with Crippen LogP contribution in [0.1, 0.15) is 66.3 Å². The van der Waals surface area contributed by atoms with Crippen molar-refractivity contribution in [1.29, 1.82) is 0 Å². The molecule has 3 aromatic rings. The molecular formula is C32H36N2O. The minimum atomic E-state index is 0.155. The molecule has 1 heterocycles. The number of hydrogen-bond donors (Lipinski definition) is 0. The quantitative estimate of drug-likeness (QED) is 0.354. The molecule has 0 bridgehead atoms.